The van der Waals surface area contributed by atoms with Crippen LogP contribution in [0.2, 0.25) is 5.02 Å². The van der Waals surface area contributed by atoms with Crippen LogP contribution in [0.25, 0.3) is 5.69 Å². The molecule has 1 aliphatic rings. The van der Waals surface area contributed by atoms with Gasteiger partial charge in [-0.2, -0.15) is 13.2 Å². The summed E-state index contributed by atoms with van der Waals surface area (Å²) in [7, 11) is 0. The molecule has 0 unspecified atom stereocenters. The van der Waals surface area contributed by atoms with Crippen LogP contribution in [-0.2, 0) is 6.18 Å². The van der Waals surface area contributed by atoms with Gasteiger partial charge in [-0.3, -0.25) is 4.79 Å². The van der Waals surface area contributed by atoms with Crippen LogP contribution in [-0.4, -0.2) is 31.7 Å². The highest BCUT2D eigenvalue weighted by Gasteiger charge is 2.34. The van der Waals surface area contributed by atoms with Gasteiger partial charge in [0.1, 0.15) is 11.5 Å². The van der Waals surface area contributed by atoms with Crippen molar-refractivity contribution in [2.24, 2.45) is 0 Å². The van der Waals surface area contributed by atoms with E-state index in [1.165, 1.54) is 47.4 Å². The molecule has 0 aliphatic heterocycles. The Morgan fingerprint density at radius 3 is 2.55 bits per heavy atom. The average Bonchev–Trinajstić information content (AvgIpc) is 3.60. The molecule has 2 N–H and O–H groups in total. The summed E-state index contributed by atoms with van der Waals surface area (Å²) in [5.74, 6) is 5.80. The molecule has 192 valence electrons. The molecule has 2 heterocycles. The van der Waals surface area contributed by atoms with Crippen LogP contribution in [0, 0.1) is 18.8 Å². The normalized spacial score (nSPS) is 13.0. The maximum Gasteiger partial charge on any atom is 0.418 e. The minimum absolute atomic E-state index is 0.0133. The molecule has 1 aliphatic carbocycles. The van der Waals surface area contributed by atoms with E-state index in [2.05, 4.69) is 37.7 Å². The van der Waals surface area contributed by atoms with E-state index in [1.54, 1.807) is 19.1 Å². The Balaban J connectivity index is 1.35. The quantitative estimate of drug-likeness (QED) is 0.312. The van der Waals surface area contributed by atoms with Crippen molar-refractivity contribution in [2.45, 2.75) is 32.0 Å². The Morgan fingerprint density at radius 1 is 1.08 bits per heavy atom. The number of amides is 1. The summed E-state index contributed by atoms with van der Waals surface area (Å²) in [6.07, 6.45) is 0.382. The van der Waals surface area contributed by atoms with Gasteiger partial charge in [-0.15, -0.1) is 10.2 Å². The number of carbonyl (C=O) groups is 1. The fourth-order valence-corrected chi connectivity index (χ4v) is 3.79. The number of alkyl halides is 3. The fraction of sp³-hybridized carbons (Fsp3) is 0.185. The molecule has 4 aromatic rings. The number of rotatable bonds is 5. The van der Waals surface area contributed by atoms with Gasteiger partial charge in [0.15, 0.2) is 0 Å². The van der Waals surface area contributed by atoms with Crippen molar-refractivity contribution >= 4 is 29.0 Å². The molecule has 1 fully saturated rings. The van der Waals surface area contributed by atoms with Gasteiger partial charge in [-0.25, -0.2) is 4.98 Å². The summed E-state index contributed by atoms with van der Waals surface area (Å²) in [5, 5.41) is 14.2. The third-order valence-electron chi connectivity index (χ3n) is 5.70. The van der Waals surface area contributed by atoms with Crippen molar-refractivity contribution < 1.29 is 18.0 Å². The highest BCUT2D eigenvalue weighted by atomic mass is 35.5. The highest BCUT2D eigenvalue weighted by molar-refractivity contribution is 6.32. The average molecular weight is 537 g/mol. The van der Waals surface area contributed by atoms with E-state index in [-0.39, 0.29) is 16.9 Å². The summed E-state index contributed by atoms with van der Waals surface area (Å²) in [5.41, 5.74) is 0.520. The Kier molecular flexibility index (Phi) is 6.78. The number of imidazole rings is 1. The summed E-state index contributed by atoms with van der Waals surface area (Å²) < 4.78 is 42.7. The second-order valence-electron chi connectivity index (χ2n) is 8.77. The molecule has 0 saturated heterocycles. The lowest BCUT2D eigenvalue weighted by Crippen LogP contribution is -2.15. The lowest BCUT2D eigenvalue weighted by molar-refractivity contribution is -0.137. The van der Waals surface area contributed by atoms with Gasteiger partial charge in [0.05, 0.1) is 28.3 Å². The minimum Gasteiger partial charge on any atom is -0.366 e. The number of aromatic nitrogens is 4. The van der Waals surface area contributed by atoms with Crippen molar-refractivity contribution in [3.63, 3.8) is 0 Å². The minimum atomic E-state index is -4.65. The van der Waals surface area contributed by atoms with Gasteiger partial charge in [0.2, 0.25) is 0 Å². The number of anilines is 2. The summed E-state index contributed by atoms with van der Waals surface area (Å²) in [6, 6.07) is 12.0. The van der Waals surface area contributed by atoms with Crippen molar-refractivity contribution in [3.05, 3.63) is 94.2 Å². The SMILES string of the molecule is Cc1cn(-c2ccc(NC(=O)c3ccc(Cl)c(C#Cc4ccc(NC5CC5)nn4)c3)cc2C(F)(F)F)cn1. The van der Waals surface area contributed by atoms with Crippen molar-refractivity contribution in [1.29, 1.82) is 0 Å². The second-order valence-corrected chi connectivity index (χ2v) is 9.18. The molecule has 2 aromatic carbocycles. The van der Waals surface area contributed by atoms with E-state index in [9.17, 15) is 18.0 Å². The van der Waals surface area contributed by atoms with Crippen molar-refractivity contribution in [1.82, 2.24) is 19.7 Å². The lowest BCUT2D eigenvalue weighted by Gasteiger charge is -2.15. The molecule has 0 bridgehead atoms. The lowest BCUT2D eigenvalue weighted by atomic mass is 10.1. The number of nitrogens with one attached hydrogen (secondary N) is 2. The molecule has 1 amide bonds. The van der Waals surface area contributed by atoms with Gasteiger partial charge < -0.3 is 15.2 Å². The number of benzene rings is 2. The Morgan fingerprint density at radius 2 is 1.89 bits per heavy atom. The first-order chi connectivity index (χ1) is 18.2. The Bertz CT molecular complexity index is 1570. The molecule has 0 radical (unpaired) electrons. The first kappa shape index (κ1) is 25.3. The monoisotopic (exact) mass is 536 g/mol. The zero-order chi connectivity index (χ0) is 26.9. The fourth-order valence-electron chi connectivity index (χ4n) is 3.63. The molecule has 2 aromatic heterocycles. The maximum atomic E-state index is 13.8. The molecule has 7 nitrogen and oxygen atoms in total. The third kappa shape index (κ3) is 5.95. The number of carbonyl (C=O) groups excluding carboxylic acids is 1. The highest BCUT2D eigenvalue weighted by Crippen LogP contribution is 2.36. The van der Waals surface area contributed by atoms with E-state index in [4.69, 9.17) is 11.6 Å². The van der Waals surface area contributed by atoms with Crippen LogP contribution in [0.15, 0.2) is 61.1 Å². The predicted molar refractivity (Wildman–Crippen MR) is 137 cm³/mol. The van der Waals surface area contributed by atoms with Crippen LogP contribution >= 0.6 is 11.6 Å². The Labute approximate surface area is 221 Å². The van der Waals surface area contributed by atoms with E-state index in [1.807, 2.05) is 0 Å². The van der Waals surface area contributed by atoms with Crippen molar-refractivity contribution in [2.75, 3.05) is 10.6 Å². The molecule has 5 rings (SSSR count). The van der Waals surface area contributed by atoms with Crippen LogP contribution in [0.3, 0.4) is 0 Å². The smallest absolute Gasteiger partial charge is 0.366 e. The zero-order valence-electron chi connectivity index (χ0n) is 20.0. The van der Waals surface area contributed by atoms with Gasteiger partial charge in [-0.05, 0) is 74.2 Å². The van der Waals surface area contributed by atoms with Crippen molar-refractivity contribution in [3.8, 4) is 17.5 Å². The largest absolute Gasteiger partial charge is 0.418 e. The second kappa shape index (κ2) is 10.2. The topological polar surface area (TPSA) is 84.7 Å². The number of nitrogens with zero attached hydrogens (tertiary/aromatic N) is 4. The van der Waals surface area contributed by atoms with E-state index in [0.717, 1.165) is 18.9 Å². The number of halogens is 4. The molecule has 1 saturated carbocycles. The summed E-state index contributed by atoms with van der Waals surface area (Å²) in [6.45, 7) is 1.68. The molecule has 11 heteroatoms. The van der Waals surface area contributed by atoms with Gasteiger partial charge in [0.25, 0.3) is 5.91 Å². The van der Waals surface area contributed by atoms with Gasteiger partial charge in [-0.1, -0.05) is 17.5 Å². The standard InChI is InChI=1S/C27H20ClF3N6O/c1-16-14-37(15-32-16)24-10-7-21(13-22(24)27(29,30)31)34-26(38)18-3-9-23(28)17(12-18)2-4-20-8-11-25(36-35-20)33-19-5-6-19/h3,7-15,19H,5-6H2,1H3,(H,33,36)(H,34,38). The third-order valence-corrected chi connectivity index (χ3v) is 6.03. The van der Waals surface area contributed by atoms with Gasteiger partial charge in [0, 0.05) is 29.1 Å². The predicted octanol–water partition coefficient (Wildman–Crippen LogP) is 5.87. The van der Waals surface area contributed by atoms with Crippen LogP contribution in [0.4, 0.5) is 24.7 Å². The zero-order valence-corrected chi connectivity index (χ0v) is 20.7. The molecule has 0 spiro atoms. The van der Waals surface area contributed by atoms with Crippen LogP contribution in [0.5, 0.6) is 0 Å². The van der Waals surface area contributed by atoms with Gasteiger partial charge >= 0.3 is 6.18 Å². The first-order valence-electron chi connectivity index (χ1n) is 11.6. The van der Waals surface area contributed by atoms with E-state index < -0.39 is 17.6 Å². The molecular formula is C27H20ClF3N6O. The number of hydrogen-bond donors (Lipinski definition) is 2. The number of aryl methyl sites for hydroxylation is 1. The van der Waals surface area contributed by atoms with Crippen LogP contribution < -0.4 is 10.6 Å². The molecular weight excluding hydrogens is 517 g/mol. The van der Waals surface area contributed by atoms with Crippen LogP contribution in [0.1, 0.15) is 45.7 Å². The maximum absolute atomic E-state index is 13.8. The molecule has 38 heavy (non-hydrogen) atoms. The summed E-state index contributed by atoms with van der Waals surface area (Å²) >= 11 is 6.25. The summed E-state index contributed by atoms with van der Waals surface area (Å²) in [4.78, 5) is 16.9. The van der Waals surface area contributed by atoms with E-state index in [0.29, 0.717) is 33.8 Å². The molecule has 0 atom stereocenters. The van der Waals surface area contributed by atoms with E-state index >= 15 is 0 Å². The number of hydrogen-bond acceptors (Lipinski definition) is 5. The Hall–Kier alpha value is -4.36. The first-order valence-corrected chi connectivity index (χ1v) is 12.0.